The Morgan fingerprint density at radius 1 is 1.14 bits per heavy atom. The van der Waals surface area contributed by atoms with E-state index in [0.29, 0.717) is 17.7 Å². The molecule has 3 aromatic rings. The second-order valence-electron chi connectivity index (χ2n) is 7.31. The fourth-order valence-corrected chi connectivity index (χ4v) is 3.92. The van der Waals surface area contributed by atoms with E-state index in [1.54, 1.807) is 0 Å². The zero-order chi connectivity index (χ0) is 19.7. The first-order valence-electron chi connectivity index (χ1n) is 9.72. The highest BCUT2D eigenvalue weighted by Gasteiger charge is 2.22. The van der Waals surface area contributed by atoms with Crippen LogP contribution in [0.15, 0.2) is 45.9 Å². The largest absolute Gasteiger partial charge is 0.507 e. The second-order valence-corrected chi connectivity index (χ2v) is 7.31. The molecule has 1 N–H and O–H groups in total. The van der Waals surface area contributed by atoms with Crippen molar-refractivity contribution in [1.82, 2.24) is 9.88 Å². The predicted octanol–water partition coefficient (Wildman–Crippen LogP) is 3.09. The molecule has 0 saturated carbocycles. The third kappa shape index (κ3) is 3.47. The summed E-state index contributed by atoms with van der Waals surface area (Å²) in [5.41, 5.74) is 3.79. The van der Waals surface area contributed by atoms with Crippen LogP contribution in [0, 0.1) is 6.92 Å². The summed E-state index contributed by atoms with van der Waals surface area (Å²) in [5, 5.41) is 11.7. The molecule has 2 aromatic heterocycles. The maximum absolute atomic E-state index is 11.9. The standard InChI is InChI=1S/C22H25N3O3/c1-3-16-13-18-15(2)12-20(26)28-22(18)19(21(16)27)14-24-8-10-25(11-9-24)17-4-6-23-7-5-17/h4-7,12-13,27H,3,8-11,14H2,1-2H3. The lowest BCUT2D eigenvalue weighted by molar-refractivity contribution is 0.246. The number of phenols is 1. The van der Waals surface area contributed by atoms with Crippen LogP contribution in [0.25, 0.3) is 11.0 Å². The van der Waals surface area contributed by atoms with Gasteiger partial charge in [0.2, 0.25) is 0 Å². The van der Waals surface area contributed by atoms with Gasteiger partial charge in [0.15, 0.2) is 0 Å². The molecule has 1 aliphatic heterocycles. The van der Waals surface area contributed by atoms with Crippen molar-refractivity contribution < 1.29 is 9.52 Å². The molecule has 1 aromatic carbocycles. The minimum absolute atomic E-state index is 0.250. The van der Waals surface area contributed by atoms with Gasteiger partial charge in [0.25, 0.3) is 0 Å². The maximum atomic E-state index is 11.9. The van der Waals surface area contributed by atoms with Gasteiger partial charge in [-0.15, -0.1) is 0 Å². The average Bonchev–Trinajstić information content (AvgIpc) is 2.71. The molecule has 0 atom stereocenters. The maximum Gasteiger partial charge on any atom is 0.336 e. The highest BCUT2D eigenvalue weighted by molar-refractivity contribution is 5.86. The van der Waals surface area contributed by atoms with Crippen molar-refractivity contribution in [2.45, 2.75) is 26.8 Å². The Labute approximate surface area is 164 Å². The highest BCUT2D eigenvalue weighted by Crippen LogP contribution is 2.33. The smallest absolute Gasteiger partial charge is 0.336 e. The Kier molecular flexibility index (Phi) is 5.05. The van der Waals surface area contributed by atoms with Gasteiger partial charge in [0.1, 0.15) is 11.3 Å². The highest BCUT2D eigenvalue weighted by atomic mass is 16.4. The van der Waals surface area contributed by atoms with Crippen molar-refractivity contribution in [3.63, 3.8) is 0 Å². The van der Waals surface area contributed by atoms with E-state index in [4.69, 9.17) is 4.42 Å². The molecule has 146 valence electrons. The van der Waals surface area contributed by atoms with Crippen LogP contribution in [0.1, 0.15) is 23.6 Å². The van der Waals surface area contributed by atoms with Gasteiger partial charge in [-0.25, -0.2) is 4.79 Å². The number of rotatable bonds is 4. The zero-order valence-corrected chi connectivity index (χ0v) is 16.3. The first-order chi connectivity index (χ1) is 13.6. The third-order valence-electron chi connectivity index (χ3n) is 5.55. The van der Waals surface area contributed by atoms with Crippen LogP contribution in [0.4, 0.5) is 5.69 Å². The summed E-state index contributed by atoms with van der Waals surface area (Å²) in [6.07, 6.45) is 4.35. The van der Waals surface area contributed by atoms with E-state index in [-0.39, 0.29) is 11.4 Å². The van der Waals surface area contributed by atoms with Gasteiger partial charge in [-0.05, 0) is 42.7 Å². The predicted molar refractivity (Wildman–Crippen MR) is 110 cm³/mol. The summed E-state index contributed by atoms with van der Waals surface area (Å²) in [5.74, 6) is 0.250. The van der Waals surface area contributed by atoms with E-state index in [0.717, 1.165) is 49.1 Å². The minimum Gasteiger partial charge on any atom is -0.507 e. The van der Waals surface area contributed by atoms with Gasteiger partial charge in [-0.1, -0.05) is 6.92 Å². The first kappa shape index (κ1) is 18.5. The van der Waals surface area contributed by atoms with Gasteiger partial charge in [0, 0.05) is 62.3 Å². The van der Waals surface area contributed by atoms with Crippen LogP contribution in [0.5, 0.6) is 5.75 Å². The molecule has 6 nitrogen and oxygen atoms in total. The van der Waals surface area contributed by atoms with Crippen LogP contribution < -0.4 is 10.5 Å². The van der Waals surface area contributed by atoms with E-state index in [1.165, 1.54) is 11.8 Å². The molecule has 0 unspecified atom stereocenters. The minimum atomic E-state index is -0.377. The van der Waals surface area contributed by atoms with Gasteiger partial charge in [-0.3, -0.25) is 9.88 Å². The van der Waals surface area contributed by atoms with Crippen molar-refractivity contribution in [3.05, 3.63) is 63.8 Å². The number of aromatic nitrogens is 1. The number of hydrogen-bond acceptors (Lipinski definition) is 6. The summed E-state index contributed by atoms with van der Waals surface area (Å²) >= 11 is 0. The number of fused-ring (bicyclic) bond motifs is 1. The van der Waals surface area contributed by atoms with Crippen LogP contribution in [0.3, 0.4) is 0 Å². The Bertz CT molecular complexity index is 1040. The number of anilines is 1. The van der Waals surface area contributed by atoms with Crippen molar-refractivity contribution >= 4 is 16.7 Å². The summed E-state index contributed by atoms with van der Waals surface area (Å²) in [7, 11) is 0. The molecule has 0 radical (unpaired) electrons. The lowest BCUT2D eigenvalue weighted by Crippen LogP contribution is -2.46. The molecule has 6 heteroatoms. The molecule has 1 aliphatic rings. The lowest BCUT2D eigenvalue weighted by atomic mass is 9.99. The zero-order valence-electron chi connectivity index (χ0n) is 16.3. The van der Waals surface area contributed by atoms with Gasteiger partial charge in [-0.2, -0.15) is 0 Å². The Balaban J connectivity index is 1.61. The Hall–Kier alpha value is -2.86. The van der Waals surface area contributed by atoms with E-state index < -0.39 is 0 Å². The van der Waals surface area contributed by atoms with Crippen molar-refractivity contribution in [3.8, 4) is 5.75 Å². The summed E-state index contributed by atoms with van der Waals surface area (Å²) in [6, 6.07) is 7.50. The molecule has 0 spiro atoms. The molecule has 0 bridgehead atoms. The first-order valence-corrected chi connectivity index (χ1v) is 9.72. The van der Waals surface area contributed by atoms with Crippen LogP contribution in [0.2, 0.25) is 0 Å². The molecule has 0 amide bonds. The lowest BCUT2D eigenvalue weighted by Gasteiger charge is -2.36. The van der Waals surface area contributed by atoms with Crippen LogP contribution >= 0.6 is 0 Å². The monoisotopic (exact) mass is 379 g/mol. The molecule has 4 rings (SSSR count). The van der Waals surface area contributed by atoms with Crippen molar-refractivity contribution in [1.29, 1.82) is 0 Å². The topological polar surface area (TPSA) is 69.8 Å². The number of phenolic OH excluding ortho intramolecular Hbond substituents is 1. The number of aryl methyl sites for hydroxylation is 2. The quantitative estimate of drug-likeness (QED) is 0.703. The summed E-state index contributed by atoms with van der Waals surface area (Å²) in [4.78, 5) is 20.7. The number of nitrogens with zero attached hydrogens (tertiary/aromatic N) is 3. The molecule has 0 aliphatic carbocycles. The van der Waals surface area contributed by atoms with Crippen molar-refractivity contribution in [2.75, 3.05) is 31.1 Å². The van der Waals surface area contributed by atoms with E-state index in [2.05, 4.69) is 14.8 Å². The number of aromatic hydroxyl groups is 1. The Morgan fingerprint density at radius 3 is 2.54 bits per heavy atom. The SMILES string of the molecule is CCc1cc2c(C)cc(=O)oc2c(CN2CCN(c3ccncc3)CC2)c1O. The molecular weight excluding hydrogens is 354 g/mol. The number of pyridine rings is 1. The fraction of sp³-hybridized carbons (Fsp3) is 0.364. The van der Waals surface area contributed by atoms with E-state index in [1.807, 2.05) is 44.4 Å². The van der Waals surface area contributed by atoms with Gasteiger partial charge < -0.3 is 14.4 Å². The van der Waals surface area contributed by atoms with E-state index in [9.17, 15) is 9.90 Å². The number of piperazine rings is 1. The molecule has 3 heterocycles. The van der Waals surface area contributed by atoms with Crippen LogP contribution in [-0.4, -0.2) is 41.2 Å². The second kappa shape index (κ2) is 7.64. The van der Waals surface area contributed by atoms with Gasteiger partial charge >= 0.3 is 5.63 Å². The number of hydrogen-bond donors (Lipinski definition) is 1. The molecular formula is C22H25N3O3. The normalized spacial score (nSPS) is 15.3. The van der Waals surface area contributed by atoms with Crippen molar-refractivity contribution in [2.24, 2.45) is 0 Å². The summed E-state index contributed by atoms with van der Waals surface area (Å²) in [6.45, 7) is 8.04. The average molecular weight is 379 g/mol. The molecule has 1 saturated heterocycles. The van der Waals surface area contributed by atoms with Crippen LogP contribution in [-0.2, 0) is 13.0 Å². The number of benzene rings is 1. The molecule has 28 heavy (non-hydrogen) atoms. The third-order valence-corrected chi connectivity index (χ3v) is 5.55. The Morgan fingerprint density at radius 2 is 1.86 bits per heavy atom. The molecule has 1 fully saturated rings. The summed E-state index contributed by atoms with van der Waals surface area (Å²) < 4.78 is 5.53. The van der Waals surface area contributed by atoms with E-state index >= 15 is 0 Å². The fourth-order valence-electron chi connectivity index (χ4n) is 3.92. The van der Waals surface area contributed by atoms with Gasteiger partial charge in [0.05, 0.1) is 5.56 Å².